The first kappa shape index (κ1) is 14.9. The number of hydrogen-bond acceptors (Lipinski definition) is 3. The van der Waals surface area contributed by atoms with Crippen molar-refractivity contribution < 1.29 is 8.42 Å². The van der Waals surface area contributed by atoms with Gasteiger partial charge in [0.25, 0.3) is 0 Å². The van der Waals surface area contributed by atoms with Gasteiger partial charge in [-0.25, -0.2) is 13.1 Å². The Morgan fingerprint density at radius 1 is 1.35 bits per heavy atom. The molecule has 0 atom stereocenters. The molecule has 0 radical (unpaired) electrons. The van der Waals surface area contributed by atoms with Crippen molar-refractivity contribution in [1.29, 1.82) is 0 Å². The molecule has 17 heavy (non-hydrogen) atoms. The Morgan fingerprint density at radius 2 is 2.06 bits per heavy atom. The maximum absolute atomic E-state index is 11.9. The minimum absolute atomic E-state index is 0.189. The third-order valence-corrected chi connectivity index (χ3v) is 4.78. The van der Waals surface area contributed by atoms with Crippen molar-refractivity contribution in [2.75, 3.05) is 13.1 Å². The van der Waals surface area contributed by atoms with Crippen molar-refractivity contribution in [2.45, 2.75) is 17.7 Å². The molecule has 1 rings (SSSR count). The summed E-state index contributed by atoms with van der Waals surface area (Å²) in [6.45, 7) is 0.945. The van der Waals surface area contributed by atoms with Gasteiger partial charge in [-0.2, -0.15) is 0 Å². The van der Waals surface area contributed by atoms with E-state index in [4.69, 9.17) is 17.3 Å². The summed E-state index contributed by atoms with van der Waals surface area (Å²) in [5.41, 5.74) is 5.33. The second kappa shape index (κ2) is 6.70. The molecule has 0 aliphatic heterocycles. The molecule has 1 aromatic rings. The number of unbranched alkanes of at least 4 members (excludes halogenated alkanes) is 1. The molecule has 0 aliphatic carbocycles. The number of nitrogens with two attached hydrogens (primary N) is 1. The third-order valence-electron chi connectivity index (χ3n) is 2.11. The van der Waals surface area contributed by atoms with Gasteiger partial charge in [-0.1, -0.05) is 11.6 Å². The Kier molecular flexibility index (Phi) is 5.88. The first-order chi connectivity index (χ1) is 7.97. The van der Waals surface area contributed by atoms with Gasteiger partial charge in [-0.05, 0) is 53.5 Å². The van der Waals surface area contributed by atoms with E-state index in [9.17, 15) is 8.42 Å². The maximum atomic E-state index is 11.9. The minimum atomic E-state index is -3.48. The Labute approximate surface area is 115 Å². The first-order valence-electron chi connectivity index (χ1n) is 5.12. The lowest BCUT2D eigenvalue weighted by atomic mass is 10.3. The van der Waals surface area contributed by atoms with Gasteiger partial charge < -0.3 is 5.73 Å². The average molecular weight is 342 g/mol. The topological polar surface area (TPSA) is 72.2 Å². The fourth-order valence-electron chi connectivity index (χ4n) is 1.25. The van der Waals surface area contributed by atoms with Crippen LogP contribution in [0, 0.1) is 0 Å². The van der Waals surface area contributed by atoms with Crippen molar-refractivity contribution in [3.63, 3.8) is 0 Å². The van der Waals surface area contributed by atoms with Gasteiger partial charge in [0.1, 0.15) is 0 Å². The number of hydrogen-bond donors (Lipinski definition) is 2. The molecule has 7 heteroatoms. The molecule has 0 heterocycles. The van der Waals surface area contributed by atoms with E-state index in [1.165, 1.54) is 6.07 Å². The Bertz CT molecular complexity index is 479. The number of nitrogens with one attached hydrogen (secondary N) is 1. The van der Waals surface area contributed by atoms with Crippen molar-refractivity contribution in [1.82, 2.24) is 4.72 Å². The summed E-state index contributed by atoms with van der Waals surface area (Å²) >= 11 is 8.94. The van der Waals surface area contributed by atoms with Crippen molar-refractivity contribution in [2.24, 2.45) is 5.73 Å². The quantitative estimate of drug-likeness (QED) is 0.779. The third kappa shape index (κ3) is 4.56. The monoisotopic (exact) mass is 340 g/mol. The van der Waals surface area contributed by atoms with E-state index in [0.29, 0.717) is 22.6 Å². The van der Waals surface area contributed by atoms with E-state index >= 15 is 0 Å². The summed E-state index contributed by atoms with van der Waals surface area (Å²) in [6.07, 6.45) is 1.52. The molecule has 0 saturated carbocycles. The van der Waals surface area contributed by atoms with Crippen LogP contribution < -0.4 is 10.5 Å². The molecule has 3 N–H and O–H groups in total. The molecular formula is C10H14BrClN2O2S. The molecule has 0 fully saturated rings. The van der Waals surface area contributed by atoms with Gasteiger partial charge in [0.05, 0.1) is 4.90 Å². The van der Waals surface area contributed by atoms with Gasteiger partial charge in [0.2, 0.25) is 10.0 Å². The van der Waals surface area contributed by atoms with Gasteiger partial charge >= 0.3 is 0 Å². The zero-order chi connectivity index (χ0) is 12.9. The number of benzene rings is 1. The standard InChI is InChI=1S/C10H14BrClN2O2S/c11-9-7-8(12)3-4-10(9)17(15,16)14-6-2-1-5-13/h3-4,7,14H,1-2,5-6,13H2. The molecule has 0 aliphatic rings. The summed E-state index contributed by atoms with van der Waals surface area (Å²) in [7, 11) is -3.48. The van der Waals surface area contributed by atoms with E-state index in [0.717, 1.165) is 12.8 Å². The summed E-state index contributed by atoms with van der Waals surface area (Å²) in [5, 5.41) is 0.485. The van der Waals surface area contributed by atoms with E-state index in [-0.39, 0.29) is 4.90 Å². The minimum Gasteiger partial charge on any atom is -0.330 e. The lowest BCUT2D eigenvalue weighted by Crippen LogP contribution is -2.25. The van der Waals surface area contributed by atoms with E-state index in [1.54, 1.807) is 12.1 Å². The molecule has 4 nitrogen and oxygen atoms in total. The highest BCUT2D eigenvalue weighted by atomic mass is 79.9. The van der Waals surface area contributed by atoms with E-state index in [2.05, 4.69) is 20.7 Å². The van der Waals surface area contributed by atoms with Gasteiger partial charge in [-0.15, -0.1) is 0 Å². The van der Waals surface area contributed by atoms with Crippen LogP contribution in [-0.2, 0) is 10.0 Å². The van der Waals surface area contributed by atoms with Crippen LogP contribution in [0.15, 0.2) is 27.6 Å². The van der Waals surface area contributed by atoms with Crippen LogP contribution in [0.2, 0.25) is 5.02 Å². The van der Waals surface area contributed by atoms with Gasteiger partial charge in [-0.3, -0.25) is 0 Å². The lowest BCUT2D eigenvalue weighted by Gasteiger charge is -2.08. The zero-order valence-corrected chi connectivity index (χ0v) is 12.3. The summed E-state index contributed by atoms with van der Waals surface area (Å²) < 4.78 is 26.8. The van der Waals surface area contributed by atoms with Crippen LogP contribution in [0.5, 0.6) is 0 Å². The fraction of sp³-hybridized carbons (Fsp3) is 0.400. The average Bonchev–Trinajstić information content (AvgIpc) is 2.24. The first-order valence-corrected chi connectivity index (χ1v) is 7.77. The molecule has 0 aromatic heterocycles. The number of rotatable bonds is 6. The molecule has 1 aromatic carbocycles. The van der Waals surface area contributed by atoms with E-state index < -0.39 is 10.0 Å². The molecule has 96 valence electrons. The molecule has 0 bridgehead atoms. The van der Waals surface area contributed by atoms with Crippen molar-refractivity contribution in [3.05, 3.63) is 27.7 Å². The largest absolute Gasteiger partial charge is 0.330 e. The summed E-state index contributed by atoms with van der Waals surface area (Å²) in [4.78, 5) is 0.189. The van der Waals surface area contributed by atoms with Crippen molar-refractivity contribution >= 4 is 37.6 Å². The SMILES string of the molecule is NCCCCNS(=O)(=O)c1ccc(Cl)cc1Br. The Balaban J connectivity index is 2.76. The Hall–Kier alpha value is -0.140. The second-order valence-electron chi connectivity index (χ2n) is 3.47. The van der Waals surface area contributed by atoms with Gasteiger partial charge in [0, 0.05) is 16.0 Å². The normalized spacial score (nSPS) is 11.7. The maximum Gasteiger partial charge on any atom is 0.241 e. The Morgan fingerprint density at radius 3 is 2.65 bits per heavy atom. The second-order valence-corrected chi connectivity index (χ2v) is 6.49. The number of sulfonamides is 1. The summed E-state index contributed by atoms with van der Waals surface area (Å²) in [6, 6.07) is 4.56. The highest BCUT2D eigenvalue weighted by Gasteiger charge is 2.16. The van der Waals surface area contributed by atoms with Crippen LogP contribution in [0.4, 0.5) is 0 Å². The zero-order valence-electron chi connectivity index (χ0n) is 9.12. The highest BCUT2D eigenvalue weighted by Crippen LogP contribution is 2.25. The molecular weight excluding hydrogens is 328 g/mol. The van der Waals surface area contributed by atoms with Crippen LogP contribution in [0.25, 0.3) is 0 Å². The molecule has 0 unspecified atom stereocenters. The van der Waals surface area contributed by atoms with Crippen LogP contribution in [-0.4, -0.2) is 21.5 Å². The van der Waals surface area contributed by atoms with Crippen molar-refractivity contribution in [3.8, 4) is 0 Å². The number of halogens is 2. The highest BCUT2D eigenvalue weighted by molar-refractivity contribution is 9.10. The van der Waals surface area contributed by atoms with Crippen LogP contribution in [0.1, 0.15) is 12.8 Å². The predicted molar refractivity (Wildman–Crippen MR) is 72.6 cm³/mol. The predicted octanol–water partition coefficient (Wildman–Crippen LogP) is 2.12. The smallest absolute Gasteiger partial charge is 0.241 e. The molecule has 0 saturated heterocycles. The van der Waals surface area contributed by atoms with Gasteiger partial charge in [0.15, 0.2) is 0 Å². The molecule has 0 spiro atoms. The summed E-state index contributed by atoms with van der Waals surface area (Å²) in [5.74, 6) is 0. The molecule has 0 amide bonds. The van der Waals surface area contributed by atoms with Crippen LogP contribution in [0.3, 0.4) is 0 Å². The fourth-order valence-corrected chi connectivity index (χ4v) is 3.70. The lowest BCUT2D eigenvalue weighted by molar-refractivity contribution is 0.576. The van der Waals surface area contributed by atoms with Crippen LogP contribution >= 0.6 is 27.5 Å². The van der Waals surface area contributed by atoms with E-state index in [1.807, 2.05) is 0 Å².